The smallest absolute Gasteiger partial charge is 0.349 e. The molecule has 0 bridgehead atoms. The molecule has 2 atom stereocenters. The summed E-state index contributed by atoms with van der Waals surface area (Å²) in [6.45, 7) is 9.70. The molecule has 1 saturated heterocycles. The number of nitrogens with zero attached hydrogens (tertiary/aromatic N) is 1. The SMILES string of the molecule is C=C1CNC(C(Oc2c(F)ccc3c(=O)c(C(=O)OCc4ccccc4)cn(C4CC4)c23)C(=O)OC(C)(C)C)C1. The van der Waals surface area contributed by atoms with Gasteiger partial charge in [-0.3, -0.25) is 4.79 Å². The van der Waals surface area contributed by atoms with E-state index in [1.165, 1.54) is 12.3 Å². The number of carbonyl (C=O) groups is 2. The van der Waals surface area contributed by atoms with E-state index in [4.69, 9.17) is 14.2 Å². The second kappa shape index (κ2) is 10.9. The van der Waals surface area contributed by atoms with Crippen molar-refractivity contribution in [2.75, 3.05) is 6.54 Å². The van der Waals surface area contributed by atoms with Crippen molar-refractivity contribution in [3.8, 4) is 5.75 Å². The van der Waals surface area contributed by atoms with E-state index in [9.17, 15) is 14.4 Å². The predicted molar refractivity (Wildman–Crippen MR) is 148 cm³/mol. The lowest BCUT2D eigenvalue weighted by Crippen LogP contribution is -2.47. The zero-order chi connectivity index (χ0) is 28.6. The molecule has 2 aliphatic rings. The zero-order valence-corrected chi connectivity index (χ0v) is 22.9. The van der Waals surface area contributed by atoms with Gasteiger partial charge in [-0.05, 0) is 57.7 Å². The molecule has 2 heterocycles. The Hall–Kier alpha value is -3.98. The van der Waals surface area contributed by atoms with Crippen LogP contribution in [-0.4, -0.2) is 40.8 Å². The molecular weight excluding hydrogens is 515 g/mol. The summed E-state index contributed by atoms with van der Waals surface area (Å²) in [5, 5.41) is 3.30. The zero-order valence-electron chi connectivity index (χ0n) is 22.9. The third kappa shape index (κ3) is 5.94. The first-order valence-corrected chi connectivity index (χ1v) is 13.4. The third-order valence-electron chi connectivity index (χ3n) is 6.84. The second-order valence-corrected chi connectivity index (χ2v) is 11.4. The van der Waals surface area contributed by atoms with E-state index in [-0.39, 0.29) is 34.9 Å². The molecule has 3 aromatic rings. The molecule has 0 radical (unpaired) electrons. The monoisotopic (exact) mass is 548 g/mol. The van der Waals surface area contributed by atoms with E-state index in [1.54, 1.807) is 25.3 Å². The Morgan fingerprint density at radius 1 is 1.15 bits per heavy atom. The number of esters is 2. The molecule has 5 rings (SSSR count). The number of benzene rings is 2. The fourth-order valence-corrected chi connectivity index (χ4v) is 4.82. The summed E-state index contributed by atoms with van der Waals surface area (Å²) in [5.74, 6) is -2.39. The highest BCUT2D eigenvalue weighted by molar-refractivity contribution is 5.95. The normalized spacial score (nSPS) is 18.0. The van der Waals surface area contributed by atoms with Crippen LogP contribution in [0.4, 0.5) is 4.39 Å². The lowest BCUT2D eigenvalue weighted by Gasteiger charge is -2.28. The minimum atomic E-state index is -1.20. The van der Waals surface area contributed by atoms with Crippen molar-refractivity contribution in [1.82, 2.24) is 9.88 Å². The quantitative estimate of drug-likeness (QED) is 0.318. The average Bonchev–Trinajstić information content (AvgIpc) is 3.66. The van der Waals surface area contributed by atoms with Gasteiger partial charge in [0.15, 0.2) is 11.6 Å². The van der Waals surface area contributed by atoms with Crippen LogP contribution in [0.5, 0.6) is 5.75 Å². The van der Waals surface area contributed by atoms with Gasteiger partial charge >= 0.3 is 11.9 Å². The second-order valence-electron chi connectivity index (χ2n) is 11.4. The van der Waals surface area contributed by atoms with Crippen LogP contribution < -0.4 is 15.5 Å². The molecule has 0 spiro atoms. The van der Waals surface area contributed by atoms with Crippen molar-refractivity contribution in [2.45, 2.75) is 70.4 Å². The average molecular weight is 549 g/mol. The van der Waals surface area contributed by atoms with Crippen LogP contribution in [-0.2, 0) is 20.9 Å². The molecule has 9 heteroatoms. The number of hydrogen-bond donors (Lipinski definition) is 1. The first kappa shape index (κ1) is 27.6. The van der Waals surface area contributed by atoms with Gasteiger partial charge in [-0.2, -0.15) is 0 Å². The van der Waals surface area contributed by atoms with E-state index >= 15 is 4.39 Å². The Morgan fingerprint density at radius 3 is 2.50 bits per heavy atom. The minimum Gasteiger partial charge on any atom is -0.472 e. The number of ether oxygens (including phenoxy) is 3. The summed E-state index contributed by atoms with van der Waals surface area (Å²) in [6.07, 6.45) is 2.23. The first-order chi connectivity index (χ1) is 19.0. The topological polar surface area (TPSA) is 95.9 Å². The number of fused-ring (bicyclic) bond motifs is 1. The van der Waals surface area contributed by atoms with Crippen LogP contribution in [0.1, 0.15) is 62.0 Å². The van der Waals surface area contributed by atoms with Crippen molar-refractivity contribution in [1.29, 1.82) is 0 Å². The van der Waals surface area contributed by atoms with Crippen LogP contribution in [0, 0.1) is 5.82 Å². The van der Waals surface area contributed by atoms with Gasteiger partial charge in [0.1, 0.15) is 17.8 Å². The van der Waals surface area contributed by atoms with Crippen LogP contribution in [0.2, 0.25) is 0 Å². The van der Waals surface area contributed by atoms with E-state index < -0.39 is 40.9 Å². The highest BCUT2D eigenvalue weighted by Gasteiger charge is 2.39. The molecule has 8 nitrogen and oxygen atoms in total. The van der Waals surface area contributed by atoms with Gasteiger partial charge in [-0.1, -0.05) is 42.5 Å². The van der Waals surface area contributed by atoms with Crippen molar-refractivity contribution in [2.24, 2.45) is 0 Å². The lowest BCUT2D eigenvalue weighted by molar-refractivity contribution is -0.164. The Labute approximate surface area is 231 Å². The molecule has 2 fully saturated rings. The number of hydrogen-bond acceptors (Lipinski definition) is 7. The highest BCUT2D eigenvalue weighted by atomic mass is 19.1. The van der Waals surface area contributed by atoms with Crippen molar-refractivity contribution in [3.63, 3.8) is 0 Å². The molecule has 1 N–H and O–H groups in total. The summed E-state index contributed by atoms with van der Waals surface area (Å²) in [6, 6.07) is 11.0. The molecule has 2 aromatic carbocycles. The van der Waals surface area contributed by atoms with Crippen LogP contribution in [0.3, 0.4) is 0 Å². The maximum atomic E-state index is 15.5. The van der Waals surface area contributed by atoms with Crippen molar-refractivity contribution >= 4 is 22.8 Å². The molecule has 210 valence electrons. The fraction of sp³-hybridized carbons (Fsp3) is 0.387. The maximum absolute atomic E-state index is 15.5. The van der Waals surface area contributed by atoms with E-state index in [0.29, 0.717) is 13.0 Å². The summed E-state index contributed by atoms with van der Waals surface area (Å²) < 4.78 is 34.4. The predicted octanol–water partition coefficient (Wildman–Crippen LogP) is 4.84. The number of halogens is 1. The molecule has 1 aliphatic carbocycles. The molecule has 0 amide bonds. The molecule has 40 heavy (non-hydrogen) atoms. The van der Waals surface area contributed by atoms with Gasteiger partial charge in [0.2, 0.25) is 11.5 Å². The number of pyridine rings is 1. The van der Waals surface area contributed by atoms with E-state index in [1.807, 2.05) is 30.3 Å². The molecule has 1 aliphatic heterocycles. The summed E-state index contributed by atoms with van der Waals surface area (Å²) in [7, 11) is 0. The molecule has 1 saturated carbocycles. The van der Waals surface area contributed by atoms with Gasteiger partial charge in [-0.15, -0.1) is 0 Å². The van der Waals surface area contributed by atoms with E-state index in [2.05, 4.69) is 11.9 Å². The Balaban J connectivity index is 1.55. The molecule has 1 aromatic heterocycles. The number of rotatable bonds is 8. The standard InChI is InChI=1S/C31H33FN2O6/c1-18-14-24(33-15-18)28(30(37)40-31(2,3)4)39-27-23(32)13-12-21-25(27)34(20-10-11-20)16-22(26(21)35)29(36)38-17-19-8-6-5-7-9-19/h5-9,12-13,16,20,24,28,33H,1,10-11,14-15,17H2,2-4H3. The molecular formula is C31H33FN2O6. The number of aromatic nitrogens is 1. The third-order valence-corrected chi connectivity index (χ3v) is 6.84. The fourth-order valence-electron chi connectivity index (χ4n) is 4.82. The molecule has 2 unspecified atom stereocenters. The largest absolute Gasteiger partial charge is 0.472 e. The van der Waals surface area contributed by atoms with Gasteiger partial charge in [0.05, 0.1) is 16.9 Å². The minimum absolute atomic E-state index is 0.00953. The van der Waals surface area contributed by atoms with Gasteiger partial charge < -0.3 is 24.1 Å². The van der Waals surface area contributed by atoms with Crippen molar-refractivity contribution < 1.29 is 28.2 Å². The maximum Gasteiger partial charge on any atom is 0.349 e. The van der Waals surface area contributed by atoms with Crippen molar-refractivity contribution in [3.05, 3.63) is 88.0 Å². The van der Waals surface area contributed by atoms with Crippen LogP contribution >= 0.6 is 0 Å². The lowest BCUT2D eigenvalue weighted by atomic mass is 10.1. The Morgan fingerprint density at radius 2 is 1.88 bits per heavy atom. The van der Waals surface area contributed by atoms with Gasteiger partial charge in [-0.25, -0.2) is 14.0 Å². The van der Waals surface area contributed by atoms with Crippen LogP contribution in [0.15, 0.2) is 65.6 Å². The number of nitrogens with one attached hydrogen (secondary N) is 1. The Kier molecular flexibility index (Phi) is 7.51. The summed E-state index contributed by atoms with van der Waals surface area (Å²) in [5.41, 5.74) is 0.317. The van der Waals surface area contributed by atoms with Gasteiger partial charge in [0.25, 0.3) is 0 Å². The summed E-state index contributed by atoms with van der Waals surface area (Å²) >= 11 is 0. The first-order valence-electron chi connectivity index (χ1n) is 13.4. The van der Waals surface area contributed by atoms with Crippen LogP contribution in [0.25, 0.3) is 10.9 Å². The number of carbonyl (C=O) groups excluding carboxylic acids is 2. The highest BCUT2D eigenvalue weighted by Crippen LogP contribution is 2.40. The van der Waals surface area contributed by atoms with E-state index in [0.717, 1.165) is 30.0 Å². The van der Waals surface area contributed by atoms with Gasteiger partial charge in [0, 0.05) is 18.8 Å². The Bertz CT molecular complexity index is 1520. The summed E-state index contributed by atoms with van der Waals surface area (Å²) in [4.78, 5) is 39.8.